The first-order chi connectivity index (χ1) is 15.7. The summed E-state index contributed by atoms with van der Waals surface area (Å²) in [7, 11) is 1.69. The van der Waals surface area contributed by atoms with Crippen molar-refractivity contribution in [1.29, 1.82) is 0 Å². The number of anilines is 3. The van der Waals surface area contributed by atoms with Crippen LogP contribution in [0.15, 0.2) is 54.7 Å². The van der Waals surface area contributed by atoms with Gasteiger partial charge in [-0.2, -0.15) is 17.6 Å². The molecule has 12 heteroatoms. The Hall–Kier alpha value is -4.09. The third-order valence-electron chi connectivity index (χ3n) is 4.59. The van der Waals surface area contributed by atoms with Crippen molar-refractivity contribution >= 4 is 23.2 Å². The molecule has 1 amide bonds. The number of aromatic nitrogens is 2. The lowest BCUT2D eigenvalue weighted by atomic mass is 10.1. The number of hydrogen-bond acceptors (Lipinski definition) is 7. The highest BCUT2D eigenvalue weighted by molar-refractivity contribution is 6.08. The minimum Gasteiger partial charge on any atom is -0.421 e. The lowest BCUT2D eigenvalue weighted by Gasteiger charge is -2.31. The number of ether oxygens (including phenoxy) is 2. The molecule has 1 aliphatic rings. The van der Waals surface area contributed by atoms with Crippen molar-refractivity contribution in [3.05, 3.63) is 66.0 Å². The second-order valence-electron chi connectivity index (χ2n) is 6.87. The maximum atomic E-state index is 13.4. The van der Waals surface area contributed by atoms with Crippen molar-refractivity contribution in [3.63, 3.8) is 0 Å². The largest absolute Gasteiger partial charge is 0.507 e. The van der Waals surface area contributed by atoms with E-state index in [9.17, 15) is 22.4 Å². The van der Waals surface area contributed by atoms with Crippen LogP contribution < -0.4 is 25.4 Å². The van der Waals surface area contributed by atoms with Crippen LogP contribution in [0.5, 0.6) is 11.5 Å². The van der Waals surface area contributed by atoms with Crippen molar-refractivity contribution in [2.45, 2.75) is 18.8 Å². The number of rotatable bonds is 6. The Labute approximate surface area is 185 Å². The number of halogens is 4. The molecule has 0 saturated carbocycles. The molecule has 2 heterocycles. The van der Waals surface area contributed by atoms with Crippen LogP contribution in [-0.4, -0.2) is 35.1 Å². The number of benzene rings is 2. The van der Waals surface area contributed by atoms with Crippen molar-refractivity contribution in [2.24, 2.45) is 0 Å². The van der Waals surface area contributed by atoms with Gasteiger partial charge in [-0.25, -0.2) is 9.97 Å². The van der Waals surface area contributed by atoms with E-state index in [1.54, 1.807) is 43.6 Å². The van der Waals surface area contributed by atoms with Crippen LogP contribution >= 0.6 is 0 Å². The van der Waals surface area contributed by atoms with Gasteiger partial charge < -0.3 is 25.4 Å². The highest BCUT2D eigenvalue weighted by Gasteiger charge is 2.65. The van der Waals surface area contributed by atoms with E-state index in [1.807, 2.05) is 0 Å². The average molecular weight is 463 g/mol. The van der Waals surface area contributed by atoms with Crippen molar-refractivity contribution in [1.82, 2.24) is 9.97 Å². The first-order valence-electron chi connectivity index (χ1n) is 9.60. The van der Waals surface area contributed by atoms with E-state index < -0.39 is 29.6 Å². The lowest BCUT2D eigenvalue weighted by Crippen LogP contribution is -2.52. The highest BCUT2D eigenvalue weighted by Crippen LogP contribution is 2.47. The molecular formula is C21H17F4N5O3. The Morgan fingerprint density at radius 2 is 1.73 bits per heavy atom. The van der Waals surface area contributed by atoms with E-state index in [-0.39, 0.29) is 11.3 Å². The molecule has 0 atom stereocenters. The molecule has 0 fully saturated rings. The lowest BCUT2D eigenvalue weighted by molar-refractivity contribution is -0.391. The number of carbonyl (C=O) groups is 1. The summed E-state index contributed by atoms with van der Waals surface area (Å²) in [5, 5.41) is 8.47. The summed E-state index contributed by atoms with van der Waals surface area (Å²) in [4.78, 5) is 21.1. The molecule has 0 bridgehead atoms. The Balaban J connectivity index is 1.50. The van der Waals surface area contributed by atoms with Gasteiger partial charge in [-0.1, -0.05) is 12.1 Å². The smallest absolute Gasteiger partial charge is 0.421 e. The molecule has 0 radical (unpaired) electrons. The van der Waals surface area contributed by atoms with Gasteiger partial charge in [0.2, 0.25) is 5.95 Å². The molecule has 8 nitrogen and oxygen atoms in total. The van der Waals surface area contributed by atoms with E-state index in [0.717, 1.165) is 12.1 Å². The predicted octanol–water partition coefficient (Wildman–Crippen LogP) is 4.34. The first-order valence-corrected chi connectivity index (χ1v) is 9.60. The third-order valence-corrected chi connectivity index (χ3v) is 4.59. The summed E-state index contributed by atoms with van der Waals surface area (Å²) in [5.41, 5.74) is 1.47. The fourth-order valence-corrected chi connectivity index (χ4v) is 2.98. The number of amides is 1. The third kappa shape index (κ3) is 4.59. The number of fused-ring (bicyclic) bond motifs is 1. The molecule has 0 aliphatic carbocycles. The van der Waals surface area contributed by atoms with Crippen molar-refractivity contribution in [3.8, 4) is 11.5 Å². The van der Waals surface area contributed by atoms with E-state index in [0.29, 0.717) is 23.9 Å². The maximum absolute atomic E-state index is 13.4. The minimum absolute atomic E-state index is 0.0487. The van der Waals surface area contributed by atoms with E-state index >= 15 is 0 Å². The van der Waals surface area contributed by atoms with Gasteiger partial charge in [0.1, 0.15) is 0 Å². The molecule has 2 aromatic carbocycles. The van der Waals surface area contributed by atoms with E-state index in [1.165, 1.54) is 6.07 Å². The number of hydrogen-bond donors (Lipinski definition) is 3. The van der Waals surface area contributed by atoms with Gasteiger partial charge in [-0.3, -0.25) is 4.79 Å². The van der Waals surface area contributed by atoms with Crippen LogP contribution in [0.1, 0.15) is 16.1 Å². The molecule has 1 aliphatic heterocycles. The fraction of sp³-hybridized carbons (Fsp3) is 0.190. The van der Waals surface area contributed by atoms with E-state index in [4.69, 9.17) is 0 Å². The quantitative estimate of drug-likeness (QED) is 0.468. The Morgan fingerprint density at radius 1 is 1.00 bits per heavy atom. The zero-order chi connectivity index (χ0) is 23.6. The standard InChI is InChI=1S/C21H17F4N5O3/c1-26-19-27-9-8-13(30-19)11-28-15-5-3-2-4-14(15)18(31)29-12-6-7-16-17(10-12)33-21(24,25)20(22,23)32-16/h2-10,28H,11H2,1H3,(H,29,31)(H,26,27,30). The molecular weight excluding hydrogens is 446 g/mol. The molecule has 0 spiro atoms. The molecule has 0 unspecified atom stereocenters. The fourth-order valence-electron chi connectivity index (χ4n) is 2.98. The molecule has 172 valence electrons. The van der Waals surface area contributed by atoms with Crippen LogP contribution in [0.3, 0.4) is 0 Å². The highest BCUT2D eigenvalue weighted by atomic mass is 19.3. The average Bonchev–Trinajstić information content (AvgIpc) is 2.78. The van der Waals surface area contributed by atoms with E-state index in [2.05, 4.69) is 35.4 Å². The first kappa shape index (κ1) is 22.1. The SMILES string of the molecule is CNc1nccc(CNc2ccccc2C(=O)Nc2ccc3c(c2)OC(F)(F)C(F)(F)O3)n1. The van der Waals surface area contributed by atoms with Crippen LogP contribution in [-0.2, 0) is 6.54 Å². The summed E-state index contributed by atoms with van der Waals surface area (Å²) >= 11 is 0. The predicted molar refractivity (Wildman–Crippen MR) is 111 cm³/mol. The topological polar surface area (TPSA) is 97.4 Å². The normalized spacial score (nSPS) is 15.4. The van der Waals surface area contributed by atoms with Gasteiger partial charge in [-0.05, 0) is 30.3 Å². The minimum atomic E-state index is -4.85. The summed E-state index contributed by atoms with van der Waals surface area (Å²) in [6.07, 6.45) is -8.07. The monoisotopic (exact) mass is 463 g/mol. The number of nitrogens with zero attached hydrogens (tertiary/aromatic N) is 2. The van der Waals surface area contributed by atoms with Gasteiger partial charge >= 0.3 is 12.2 Å². The summed E-state index contributed by atoms with van der Waals surface area (Å²) in [5.74, 6) is -1.32. The second-order valence-corrected chi connectivity index (χ2v) is 6.87. The number of nitrogens with one attached hydrogen (secondary N) is 3. The van der Waals surface area contributed by atoms with Gasteiger partial charge in [0.25, 0.3) is 5.91 Å². The molecule has 3 aromatic rings. The van der Waals surface area contributed by atoms with Gasteiger partial charge in [0, 0.05) is 30.7 Å². The summed E-state index contributed by atoms with van der Waals surface area (Å²) in [6, 6.07) is 11.5. The molecule has 3 N–H and O–H groups in total. The van der Waals surface area contributed by atoms with Gasteiger partial charge in [-0.15, -0.1) is 0 Å². The van der Waals surface area contributed by atoms with Crippen LogP contribution in [0.4, 0.5) is 34.9 Å². The zero-order valence-electron chi connectivity index (χ0n) is 17.0. The van der Waals surface area contributed by atoms with Gasteiger partial charge in [0.15, 0.2) is 11.5 Å². The Kier molecular flexibility index (Phi) is 5.66. The second kappa shape index (κ2) is 8.45. The molecule has 33 heavy (non-hydrogen) atoms. The zero-order valence-corrected chi connectivity index (χ0v) is 17.0. The van der Waals surface area contributed by atoms with Crippen LogP contribution in [0, 0.1) is 0 Å². The Morgan fingerprint density at radius 3 is 2.48 bits per heavy atom. The van der Waals surface area contributed by atoms with Crippen molar-refractivity contribution < 1.29 is 31.8 Å². The number of carbonyl (C=O) groups excluding carboxylic acids is 1. The van der Waals surface area contributed by atoms with Gasteiger partial charge in [0.05, 0.1) is 17.8 Å². The number of alkyl halides is 4. The molecule has 1 aromatic heterocycles. The van der Waals surface area contributed by atoms with Crippen LogP contribution in [0.2, 0.25) is 0 Å². The summed E-state index contributed by atoms with van der Waals surface area (Å²) in [6.45, 7) is 0.300. The molecule has 4 rings (SSSR count). The number of para-hydroxylation sites is 1. The Bertz CT molecular complexity index is 1190. The van der Waals surface area contributed by atoms with Crippen molar-refractivity contribution in [2.75, 3.05) is 23.0 Å². The summed E-state index contributed by atoms with van der Waals surface area (Å²) < 4.78 is 61.6. The molecule has 0 saturated heterocycles. The van der Waals surface area contributed by atoms with Crippen LogP contribution in [0.25, 0.3) is 0 Å². The maximum Gasteiger partial charge on any atom is 0.507 e.